The maximum absolute atomic E-state index is 12.8. The highest BCUT2D eigenvalue weighted by Crippen LogP contribution is 2.45. The molecule has 2 aromatic carbocycles. The van der Waals surface area contributed by atoms with Gasteiger partial charge < -0.3 is 15.0 Å². The van der Waals surface area contributed by atoms with Gasteiger partial charge in [-0.1, -0.05) is 30.3 Å². The van der Waals surface area contributed by atoms with E-state index in [1.807, 2.05) is 53.4 Å². The first-order chi connectivity index (χ1) is 16.1. The summed E-state index contributed by atoms with van der Waals surface area (Å²) in [6, 6.07) is 17.5. The van der Waals surface area contributed by atoms with Crippen molar-refractivity contribution in [3.63, 3.8) is 0 Å². The van der Waals surface area contributed by atoms with E-state index < -0.39 is 0 Å². The molecule has 6 nitrogen and oxygen atoms in total. The van der Waals surface area contributed by atoms with E-state index >= 15 is 0 Å². The average Bonchev–Trinajstić information content (AvgIpc) is 3.39. The monoisotopic (exact) mass is 477 g/mol. The highest BCUT2D eigenvalue weighted by Gasteiger charge is 2.28. The van der Waals surface area contributed by atoms with Gasteiger partial charge in [0.15, 0.2) is 0 Å². The van der Waals surface area contributed by atoms with Crippen LogP contribution in [0.3, 0.4) is 0 Å². The number of amides is 2. The molecule has 3 heterocycles. The lowest BCUT2D eigenvalue weighted by Gasteiger charge is -2.26. The Morgan fingerprint density at radius 2 is 1.88 bits per heavy atom. The van der Waals surface area contributed by atoms with Gasteiger partial charge in [-0.2, -0.15) is 0 Å². The molecule has 8 heteroatoms. The zero-order valence-electron chi connectivity index (χ0n) is 18.2. The van der Waals surface area contributed by atoms with Crippen LogP contribution >= 0.6 is 22.7 Å². The van der Waals surface area contributed by atoms with Gasteiger partial charge in [-0.15, -0.1) is 22.7 Å². The SMILES string of the molecule is CC(=O)N1CCc2c(sc(NC(=O)CCOc3ccccc3)c2-c2nc3ccccc3s2)C1. The molecule has 5 rings (SSSR count). The van der Waals surface area contributed by atoms with Crippen LogP contribution in [0.1, 0.15) is 23.8 Å². The molecule has 1 N–H and O–H groups in total. The van der Waals surface area contributed by atoms with Crippen LogP contribution in [-0.4, -0.2) is 34.8 Å². The van der Waals surface area contributed by atoms with Crippen molar-refractivity contribution in [2.75, 3.05) is 18.5 Å². The number of nitrogens with one attached hydrogen (secondary N) is 1. The molecule has 0 unspecified atom stereocenters. The first kappa shape index (κ1) is 21.6. The van der Waals surface area contributed by atoms with Crippen LogP contribution in [-0.2, 0) is 22.6 Å². The Bertz CT molecular complexity index is 1280. The van der Waals surface area contributed by atoms with Gasteiger partial charge in [0.05, 0.1) is 29.8 Å². The molecule has 0 bridgehead atoms. The van der Waals surface area contributed by atoms with Crippen molar-refractivity contribution in [2.45, 2.75) is 26.3 Å². The third-order valence-corrected chi connectivity index (χ3v) is 7.79. The van der Waals surface area contributed by atoms with E-state index in [9.17, 15) is 9.59 Å². The first-order valence-electron chi connectivity index (χ1n) is 10.8. The number of hydrogen-bond acceptors (Lipinski definition) is 6. The Morgan fingerprint density at radius 3 is 2.67 bits per heavy atom. The fourth-order valence-corrected chi connectivity index (χ4v) is 6.32. The second-order valence-electron chi connectivity index (χ2n) is 7.84. The van der Waals surface area contributed by atoms with Gasteiger partial charge in [-0.05, 0) is 36.2 Å². The minimum Gasteiger partial charge on any atom is -0.493 e. The predicted octanol–water partition coefficient (Wildman–Crippen LogP) is 5.34. The third kappa shape index (κ3) is 4.62. The van der Waals surface area contributed by atoms with E-state index in [0.717, 1.165) is 42.8 Å². The van der Waals surface area contributed by atoms with Crippen LogP contribution in [0.2, 0.25) is 0 Å². The maximum Gasteiger partial charge on any atom is 0.228 e. The maximum atomic E-state index is 12.8. The van der Waals surface area contributed by atoms with Crippen LogP contribution in [0.5, 0.6) is 5.75 Å². The molecule has 0 radical (unpaired) electrons. The molecule has 0 saturated heterocycles. The van der Waals surface area contributed by atoms with Gasteiger partial charge in [0, 0.05) is 23.9 Å². The van der Waals surface area contributed by atoms with Crippen LogP contribution in [0.15, 0.2) is 54.6 Å². The van der Waals surface area contributed by atoms with Crippen molar-refractivity contribution >= 4 is 49.7 Å². The van der Waals surface area contributed by atoms with E-state index in [0.29, 0.717) is 19.7 Å². The number of hydrogen-bond donors (Lipinski definition) is 1. The number of para-hydroxylation sites is 2. The van der Waals surface area contributed by atoms with E-state index in [1.54, 1.807) is 29.6 Å². The van der Waals surface area contributed by atoms with Crippen LogP contribution in [0.4, 0.5) is 5.00 Å². The number of fused-ring (bicyclic) bond motifs is 2. The summed E-state index contributed by atoms with van der Waals surface area (Å²) in [7, 11) is 0. The molecular weight excluding hydrogens is 454 g/mol. The lowest BCUT2D eigenvalue weighted by Crippen LogP contribution is -2.33. The highest BCUT2D eigenvalue weighted by atomic mass is 32.1. The molecule has 0 spiro atoms. The molecule has 0 fully saturated rings. The highest BCUT2D eigenvalue weighted by molar-refractivity contribution is 7.22. The van der Waals surface area contributed by atoms with Crippen molar-refractivity contribution in [2.24, 2.45) is 0 Å². The molecule has 0 aliphatic carbocycles. The number of rotatable bonds is 6. The summed E-state index contributed by atoms with van der Waals surface area (Å²) in [6.45, 7) is 3.15. The van der Waals surface area contributed by atoms with Crippen molar-refractivity contribution in [3.05, 3.63) is 65.0 Å². The number of thiophene rings is 1. The van der Waals surface area contributed by atoms with E-state index in [1.165, 1.54) is 5.56 Å². The fourth-order valence-electron chi connectivity index (χ4n) is 3.93. The normalized spacial score (nSPS) is 13.1. The van der Waals surface area contributed by atoms with E-state index in [2.05, 4.69) is 11.4 Å². The molecule has 1 aliphatic rings. The number of carbonyl (C=O) groups excluding carboxylic acids is 2. The number of benzene rings is 2. The molecule has 33 heavy (non-hydrogen) atoms. The zero-order chi connectivity index (χ0) is 22.8. The van der Waals surface area contributed by atoms with Gasteiger partial charge in [0.1, 0.15) is 15.8 Å². The number of anilines is 1. The van der Waals surface area contributed by atoms with E-state index in [-0.39, 0.29) is 18.2 Å². The van der Waals surface area contributed by atoms with Gasteiger partial charge >= 0.3 is 0 Å². The largest absolute Gasteiger partial charge is 0.493 e. The van der Waals surface area contributed by atoms with Gasteiger partial charge in [-0.3, -0.25) is 9.59 Å². The summed E-state index contributed by atoms with van der Waals surface area (Å²) in [5.74, 6) is 0.714. The molecule has 168 valence electrons. The third-order valence-electron chi connectivity index (χ3n) is 5.60. The number of thiazole rings is 1. The fraction of sp³-hybridized carbons (Fsp3) is 0.240. The minimum absolute atomic E-state index is 0.0687. The number of aromatic nitrogens is 1. The lowest BCUT2D eigenvalue weighted by atomic mass is 10.0. The lowest BCUT2D eigenvalue weighted by molar-refractivity contribution is -0.129. The van der Waals surface area contributed by atoms with Crippen LogP contribution in [0.25, 0.3) is 20.8 Å². The first-order valence-corrected chi connectivity index (χ1v) is 12.5. The average molecular weight is 478 g/mol. The summed E-state index contributed by atoms with van der Waals surface area (Å²) in [5.41, 5.74) is 3.14. The number of nitrogens with zero attached hydrogens (tertiary/aromatic N) is 2. The quantitative estimate of drug-likeness (QED) is 0.407. The molecular formula is C25H23N3O3S2. The van der Waals surface area contributed by atoms with Gasteiger partial charge in [-0.25, -0.2) is 4.98 Å². The van der Waals surface area contributed by atoms with Crippen molar-refractivity contribution in [3.8, 4) is 16.3 Å². The van der Waals surface area contributed by atoms with Crippen LogP contribution in [0, 0.1) is 0 Å². The second kappa shape index (κ2) is 9.33. The molecule has 0 saturated carbocycles. The topological polar surface area (TPSA) is 71.5 Å². The summed E-state index contributed by atoms with van der Waals surface area (Å²) in [4.78, 5) is 32.5. The standard InChI is InChI=1S/C25H23N3O3S2/c1-16(29)28-13-11-18-21(15-28)33-25(23(18)24-26-19-9-5-6-10-20(19)32-24)27-22(30)12-14-31-17-7-3-2-4-8-17/h2-10H,11-15H2,1H3,(H,27,30). The molecule has 2 amide bonds. The predicted molar refractivity (Wildman–Crippen MR) is 133 cm³/mol. The minimum atomic E-state index is -0.102. The van der Waals surface area contributed by atoms with Crippen molar-refractivity contribution < 1.29 is 14.3 Å². The summed E-state index contributed by atoms with van der Waals surface area (Å²) in [5, 5.41) is 4.81. The smallest absolute Gasteiger partial charge is 0.228 e. The Hall–Kier alpha value is -3.23. The number of carbonyl (C=O) groups is 2. The second-order valence-corrected chi connectivity index (χ2v) is 9.98. The Balaban J connectivity index is 1.41. The van der Waals surface area contributed by atoms with Crippen molar-refractivity contribution in [1.82, 2.24) is 9.88 Å². The van der Waals surface area contributed by atoms with Gasteiger partial charge in [0.25, 0.3) is 0 Å². The molecule has 4 aromatic rings. The Labute approximate surface area is 199 Å². The van der Waals surface area contributed by atoms with Gasteiger partial charge in [0.2, 0.25) is 11.8 Å². The van der Waals surface area contributed by atoms with Crippen molar-refractivity contribution in [1.29, 1.82) is 0 Å². The molecule has 0 atom stereocenters. The number of ether oxygens (including phenoxy) is 1. The Kier molecular flexibility index (Phi) is 6.11. The summed E-state index contributed by atoms with van der Waals surface area (Å²) >= 11 is 3.18. The molecule has 1 aliphatic heterocycles. The summed E-state index contributed by atoms with van der Waals surface area (Å²) in [6.07, 6.45) is 1.000. The van der Waals surface area contributed by atoms with Crippen LogP contribution < -0.4 is 10.1 Å². The zero-order valence-corrected chi connectivity index (χ0v) is 19.8. The molecule has 2 aromatic heterocycles. The summed E-state index contributed by atoms with van der Waals surface area (Å²) < 4.78 is 6.79. The van der Waals surface area contributed by atoms with E-state index in [4.69, 9.17) is 9.72 Å². The Morgan fingerprint density at radius 1 is 1.09 bits per heavy atom.